The minimum Gasteiger partial charge on any atom is -0.352 e. The number of nitrogens with one attached hydrogen (secondary N) is 3. The Hall–Kier alpha value is -1.83. The summed E-state index contributed by atoms with van der Waals surface area (Å²) in [6, 6.07) is 3.91. The topological polar surface area (TPSA) is 113 Å². The zero-order chi connectivity index (χ0) is 19.0. The molecule has 0 spiro atoms. The van der Waals surface area contributed by atoms with E-state index in [9.17, 15) is 14.4 Å². The monoisotopic (exact) mass is 404 g/mol. The molecule has 7 nitrogen and oxygen atoms in total. The van der Waals surface area contributed by atoms with Gasteiger partial charge in [-0.3, -0.25) is 14.4 Å². The molecule has 0 aliphatic heterocycles. The molecule has 9 heteroatoms. The predicted octanol–water partition coefficient (Wildman–Crippen LogP) is 1.94. The first-order chi connectivity index (χ1) is 11.8. The average molecular weight is 405 g/mol. The van der Waals surface area contributed by atoms with Crippen LogP contribution in [0.1, 0.15) is 37.6 Å². The molecule has 5 N–H and O–H groups in total. The highest BCUT2D eigenvalue weighted by molar-refractivity contribution is 6.31. The zero-order valence-electron chi connectivity index (χ0n) is 15.1. The molecular weight excluding hydrogens is 379 g/mol. The fourth-order valence-corrected chi connectivity index (χ4v) is 2.11. The van der Waals surface area contributed by atoms with Crippen molar-refractivity contribution < 1.29 is 14.4 Å². The fraction of sp³-hybridized carbons (Fsp3) is 0.471. The molecule has 1 aromatic rings. The van der Waals surface area contributed by atoms with Crippen LogP contribution in [0.3, 0.4) is 0 Å². The molecule has 0 radical (unpaired) electrons. The maximum Gasteiger partial charge on any atom is 0.253 e. The average Bonchev–Trinajstić information content (AvgIpc) is 2.56. The fourth-order valence-electron chi connectivity index (χ4n) is 1.93. The zero-order valence-corrected chi connectivity index (χ0v) is 16.7. The minimum absolute atomic E-state index is 0. The summed E-state index contributed by atoms with van der Waals surface area (Å²) >= 11 is 5.94. The summed E-state index contributed by atoms with van der Waals surface area (Å²) < 4.78 is 0. The Morgan fingerprint density at radius 3 is 2.42 bits per heavy atom. The maximum atomic E-state index is 12.2. The van der Waals surface area contributed by atoms with Gasteiger partial charge in [0.2, 0.25) is 11.8 Å². The van der Waals surface area contributed by atoms with Crippen LogP contribution in [-0.4, -0.2) is 36.9 Å². The van der Waals surface area contributed by atoms with Crippen LogP contribution >= 0.6 is 24.0 Å². The molecule has 0 aliphatic rings. The number of benzene rings is 1. The van der Waals surface area contributed by atoms with E-state index in [1.165, 1.54) is 12.1 Å². The smallest absolute Gasteiger partial charge is 0.253 e. The Morgan fingerprint density at radius 1 is 1.19 bits per heavy atom. The summed E-state index contributed by atoms with van der Waals surface area (Å²) in [6.07, 6.45) is 0.795. The molecule has 0 bridgehead atoms. The summed E-state index contributed by atoms with van der Waals surface area (Å²) in [5.41, 5.74) is 6.30. The van der Waals surface area contributed by atoms with Crippen molar-refractivity contribution in [2.75, 3.05) is 18.4 Å². The van der Waals surface area contributed by atoms with Crippen LogP contribution in [0.4, 0.5) is 5.69 Å². The van der Waals surface area contributed by atoms with Crippen LogP contribution in [0.2, 0.25) is 5.02 Å². The van der Waals surface area contributed by atoms with Crippen molar-refractivity contribution in [1.29, 1.82) is 0 Å². The lowest BCUT2D eigenvalue weighted by atomic mass is 10.1. The Kier molecular flexibility index (Phi) is 10.9. The van der Waals surface area contributed by atoms with Crippen molar-refractivity contribution >= 4 is 47.4 Å². The molecule has 1 rings (SSSR count). The van der Waals surface area contributed by atoms with Gasteiger partial charge < -0.3 is 21.7 Å². The van der Waals surface area contributed by atoms with Gasteiger partial charge in [0, 0.05) is 11.6 Å². The quantitative estimate of drug-likeness (QED) is 0.529. The number of carbonyl (C=O) groups is 3. The molecule has 0 fully saturated rings. The van der Waals surface area contributed by atoms with Crippen LogP contribution in [0.5, 0.6) is 0 Å². The summed E-state index contributed by atoms with van der Waals surface area (Å²) in [5, 5.41) is 8.19. The standard InChI is InChI=1S/C17H25ClN4O3.ClH/c1-4-7-20-16(24)12-6-5-11(18)8-13(12)22-14(23)9-21-17(25)15(19)10(2)3;/h5-6,8,10,15H,4,7,9,19H2,1-3H3,(H,20,24)(H,21,25)(H,22,23);1H/t15-;/m0./s1. The lowest BCUT2D eigenvalue weighted by molar-refractivity contribution is -0.125. The first-order valence-corrected chi connectivity index (χ1v) is 8.55. The first-order valence-electron chi connectivity index (χ1n) is 8.17. The molecule has 0 aliphatic carbocycles. The number of rotatable bonds is 8. The van der Waals surface area contributed by atoms with E-state index < -0.39 is 17.9 Å². The van der Waals surface area contributed by atoms with E-state index in [1.54, 1.807) is 6.07 Å². The van der Waals surface area contributed by atoms with Crippen LogP contribution in [0.25, 0.3) is 0 Å². The summed E-state index contributed by atoms with van der Waals surface area (Å²) in [7, 11) is 0. The second kappa shape index (κ2) is 11.7. The van der Waals surface area contributed by atoms with Gasteiger partial charge >= 0.3 is 0 Å². The highest BCUT2D eigenvalue weighted by Crippen LogP contribution is 2.21. The SMILES string of the molecule is CCCNC(=O)c1ccc(Cl)cc1NC(=O)CNC(=O)[C@@H](N)C(C)C.Cl. The lowest BCUT2D eigenvalue weighted by Crippen LogP contribution is -2.46. The first kappa shape index (κ1) is 24.2. The second-order valence-corrected chi connectivity index (χ2v) is 6.42. The van der Waals surface area contributed by atoms with Gasteiger partial charge in [-0.15, -0.1) is 12.4 Å². The third kappa shape index (κ3) is 7.59. The van der Waals surface area contributed by atoms with Gasteiger partial charge in [-0.2, -0.15) is 0 Å². The number of hydrogen-bond acceptors (Lipinski definition) is 4. The summed E-state index contributed by atoms with van der Waals surface area (Å²) in [4.78, 5) is 36.0. The van der Waals surface area contributed by atoms with Gasteiger partial charge in [0.05, 0.1) is 23.8 Å². The largest absolute Gasteiger partial charge is 0.352 e. The Bertz CT molecular complexity index is 638. The number of halogens is 2. The Balaban J connectivity index is 0.00000625. The molecule has 3 amide bonds. The van der Waals surface area contributed by atoms with Crippen LogP contribution in [-0.2, 0) is 9.59 Å². The Labute approximate surface area is 164 Å². The molecule has 0 saturated carbocycles. The maximum absolute atomic E-state index is 12.2. The normalized spacial score (nSPS) is 11.3. The van der Waals surface area contributed by atoms with E-state index >= 15 is 0 Å². The molecule has 0 aromatic heterocycles. The number of nitrogens with two attached hydrogens (primary N) is 1. The van der Waals surface area contributed by atoms with Gasteiger partial charge in [0.25, 0.3) is 5.91 Å². The van der Waals surface area contributed by atoms with Crippen molar-refractivity contribution in [2.45, 2.75) is 33.2 Å². The predicted molar refractivity (Wildman–Crippen MR) is 106 cm³/mol. The Morgan fingerprint density at radius 2 is 1.85 bits per heavy atom. The van der Waals surface area contributed by atoms with Crippen molar-refractivity contribution in [2.24, 2.45) is 11.7 Å². The number of hydrogen-bond donors (Lipinski definition) is 4. The van der Waals surface area contributed by atoms with Crippen LogP contribution in [0.15, 0.2) is 18.2 Å². The van der Waals surface area contributed by atoms with Crippen molar-refractivity contribution in [3.63, 3.8) is 0 Å². The molecule has 146 valence electrons. The molecule has 1 aromatic carbocycles. The molecule has 0 heterocycles. The molecule has 26 heavy (non-hydrogen) atoms. The molecule has 1 atom stereocenters. The van der Waals surface area contributed by atoms with Crippen LogP contribution < -0.4 is 21.7 Å². The molecule has 0 saturated heterocycles. The van der Waals surface area contributed by atoms with Crippen molar-refractivity contribution in [3.05, 3.63) is 28.8 Å². The van der Waals surface area contributed by atoms with Crippen molar-refractivity contribution in [1.82, 2.24) is 10.6 Å². The van der Waals surface area contributed by atoms with E-state index in [-0.39, 0.29) is 36.5 Å². The van der Waals surface area contributed by atoms with Crippen LogP contribution in [0, 0.1) is 5.92 Å². The second-order valence-electron chi connectivity index (χ2n) is 5.98. The third-order valence-electron chi connectivity index (χ3n) is 3.48. The van der Waals surface area contributed by atoms with E-state index in [4.69, 9.17) is 17.3 Å². The van der Waals surface area contributed by atoms with Gasteiger partial charge in [-0.25, -0.2) is 0 Å². The van der Waals surface area contributed by atoms with E-state index in [0.29, 0.717) is 17.1 Å². The highest BCUT2D eigenvalue weighted by atomic mass is 35.5. The highest BCUT2D eigenvalue weighted by Gasteiger charge is 2.18. The number of anilines is 1. The molecular formula is C17H26Cl2N4O3. The van der Waals surface area contributed by atoms with E-state index in [1.807, 2.05) is 20.8 Å². The number of amides is 3. The molecule has 0 unspecified atom stereocenters. The van der Waals surface area contributed by atoms with Gasteiger partial charge in [-0.05, 0) is 30.5 Å². The number of carbonyl (C=O) groups excluding carboxylic acids is 3. The summed E-state index contributed by atoms with van der Waals surface area (Å²) in [5.74, 6) is -1.22. The third-order valence-corrected chi connectivity index (χ3v) is 3.72. The van der Waals surface area contributed by atoms with E-state index in [0.717, 1.165) is 6.42 Å². The van der Waals surface area contributed by atoms with Gasteiger partial charge in [0.15, 0.2) is 0 Å². The minimum atomic E-state index is -0.686. The summed E-state index contributed by atoms with van der Waals surface area (Å²) in [6.45, 7) is 5.85. The van der Waals surface area contributed by atoms with E-state index in [2.05, 4.69) is 16.0 Å². The lowest BCUT2D eigenvalue weighted by Gasteiger charge is -2.16. The van der Waals surface area contributed by atoms with Gasteiger partial charge in [0.1, 0.15) is 0 Å². The van der Waals surface area contributed by atoms with Crippen molar-refractivity contribution in [3.8, 4) is 0 Å². The van der Waals surface area contributed by atoms with Gasteiger partial charge in [-0.1, -0.05) is 32.4 Å².